The van der Waals surface area contributed by atoms with Crippen LogP contribution in [0.1, 0.15) is 38.4 Å². The fourth-order valence-electron chi connectivity index (χ4n) is 4.16. The molecule has 1 saturated carbocycles. The molecule has 1 fully saturated rings. The molecule has 0 bridgehead atoms. The lowest BCUT2D eigenvalue weighted by Gasteiger charge is -2.28. The van der Waals surface area contributed by atoms with Crippen LogP contribution < -0.4 is 14.8 Å². The van der Waals surface area contributed by atoms with Gasteiger partial charge in [-0.1, -0.05) is 12.8 Å². The molecule has 0 saturated heterocycles. The van der Waals surface area contributed by atoms with Crippen molar-refractivity contribution >= 4 is 11.8 Å². The molecule has 186 valence electrons. The molecule has 0 radical (unpaired) electrons. The molecule has 1 aromatic carbocycles. The van der Waals surface area contributed by atoms with Gasteiger partial charge in [-0.25, -0.2) is 0 Å². The summed E-state index contributed by atoms with van der Waals surface area (Å²) >= 11 is 0. The maximum atomic E-state index is 13.3. The van der Waals surface area contributed by atoms with Crippen LogP contribution in [0.5, 0.6) is 11.5 Å². The van der Waals surface area contributed by atoms with E-state index < -0.39 is 6.04 Å². The van der Waals surface area contributed by atoms with Gasteiger partial charge in [0.1, 0.15) is 18.3 Å². The standard InChI is InChI=1S/C24H30N6O5/c1-16(24(32)25-18-7-4-5-8-18)29(14-19-9-6-12-35-19)22(31)15-30-27-23(26-28-30)17-10-11-20(33-2)21(13-17)34-3/h6,9-13,16,18H,4-5,7-8,14-15H2,1-3H3,(H,25,32)/t16-/m0/s1. The van der Waals surface area contributed by atoms with E-state index in [1.807, 2.05) is 0 Å². The fourth-order valence-corrected chi connectivity index (χ4v) is 4.16. The molecule has 0 unspecified atom stereocenters. The Bertz CT molecular complexity index is 1140. The molecule has 1 aliphatic rings. The van der Waals surface area contributed by atoms with Crippen LogP contribution in [-0.2, 0) is 22.7 Å². The molecule has 35 heavy (non-hydrogen) atoms. The second kappa shape index (κ2) is 11.0. The third-order valence-corrected chi connectivity index (χ3v) is 6.15. The summed E-state index contributed by atoms with van der Waals surface area (Å²) in [7, 11) is 3.10. The molecule has 2 amide bonds. The van der Waals surface area contributed by atoms with E-state index >= 15 is 0 Å². The number of aromatic nitrogens is 4. The second-order valence-electron chi connectivity index (χ2n) is 8.48. The minimum atomic E-state index is -0.693. The van der Waals surface area contributed by atoms with Crippen molar-refractivity contribution in [1.29, 1.82) is 0 Å². The summed E-state index contributed by atoms with van der Waals surface area (Å²) in [4.78, 5) is 28.9. The number of nitrogens with one attached hydrogen (secondary N) is 1. The highest BCUT2D eigenvalue weighted by atomic mass is 16.5. The zero-order chi connectivity index (χ0) is 24.8. The molecule has 1 atom stereocenters. The Balaban J connectivity index is 1.48. The van der Waals surface area contributed by atoms with Crippen molar-refractivity contribution in [3.8, 4) is 22.9 Å². The molecule has 1 aliphatic carbocycles. The lowest BCUT2D eigenvalue weighted by Crippen LogP contribution is -2.50. The SMILES string of the molecule is COc1ccc(-c2nnn(CC(=O)N(Cc3ccco3)[C@@H](C)C(=O)NC3CCCC3)n2)cc1OC. The maximum absolute atomic E-state index is 13.3. The molecule has 4 rings (SSSR count). The predicted octanol–water partition coefficient (Wildman–Crippen LogP) is 2.43. The van der Waals surface area contributed by atoms with Crippen molar-refractivity contribution in [3.05, 3.63) is 42.4 Å². The number of amides is 2. The fraction of sp³-hybridized carbons (Fsp3) is 0.458. The first-order valence-electron chi connectivity index (χ1n) is 11.6. The quantitative estimate of drug-likeness (QED) is 0.467. The van der Waals surface area contributed by atoms with Crippen LogP contribution in [0.2, 0.25) is 0 Å². The molecule has 2 heterocycles. The first kappa shape index (κ1) is 24.2. The molecular formula is C24H30N6O5. The van der Waals surface area contributed by atoms with Gasteiger partial charge in [-0.2, -0.15) is 4.80 Å². The Labute approximate surface area is 203 Å². The van der Waals surface area contributed by atoms with Crippen molar-refractivity contribution in [2.45, 2.75) is 57.8 Å². The van der Waals surface area contributed by atoms with E-state index in [2.05, 4.69) is 20.7 Å². The molecule has 11 heteroatoms. The molecule has 2 aromatic heterocycles. The van der Waals surface area contributed by atoms with Crippen molar-refractivity contribution in [2.75, 3.05) is 14.2 Å². The van der Waals surface area contributed by atoms with Gasteiger partial charge in [-0.15, -0.1) is 10.2 Å². The average Bonchev–Trinajstić information content (AvgIpc) is 3.65. The smallest absolute Gasteiger partial charge is 0.247 e. The maximum Gasteiger partial charge on any atom is 0.247 e. The van der Waals surface area contributed by atoms with Gasteiger partial charge >= 0.3 is 0 Å². The minimum Gasteiger partial charge on any atom is -0.493 e. The lowest BCUT2D eigenvalue weighted by molar-refractivity contribution is -0.142. The van der Waals surface area contributed by atoms with Crippen LogP contribution in [0.3, 0.4) is 0 Å². The Morgan fingerprint density at radius 3 is 2.66 bits per heavy atom. The summed E-state index contributed by atoms with van der Waals surface area (Å²) in [5.74, 6) is 1.52. The summed E-state index contributed by atoms with van der Waals surface area (Å²) in [6, 6.07) is 8.24. The number of hydrogen-bond donors (Lipinski definition) is 1. The van der Waals surface area contributed by atoms with Crippen molar-refractivity contribution in [3.63, 3.8) is 0 Å². The van der Waals surface area contributed by atoms with E-state index in [9.17, 15) is 9.59 Å². The van der Waals surface area contributed by atoms with Gasteiger partial charge in [0.05, 0.1) is 27.0 Å². The summed E-state index contributed by atoms with van der Waals surface area (Å²) in [5.41, 5.74) is 0.665. The molecular weight excluding hydrogens is 452 g/mol. The van der Waals surface area contributed by atoms with Gasteiger partial charge in [-0.05, 0) is 55.3 Å². The van der Waals surface area contributed by atoms with E-state index in [1.54, 1.807) is 51.5 Å². The van der Waals surface area contributed by atoms with Gasteiger partial charge in [0, 0.05) is 11.6 Å². The highest BCUT2D eigenvalue weighted by Gasteiger charge is 2.29. The van der Waals surface area contributed by atoms with Gasteiger partial charge < -0.3 is 24.1 Å². The Hall–Kier alpha value is -3.89. The summed E-state index contributed by atoms with van der Waals surface area (Å²) in [6.07, 6.45) is 5.68. The van der Waals surface area contributed by atoms with Crippen LogP contribution in [0.4, 0.5) is 0 Å². The van der Waals surface area contributed by atoms with E-state index in [-0.39, 0.29) is 30.9 Å². The Morgan fingerprint density at radius 1 is 1.20 bits per heavy atom. The zero-order valence-electron chi connectivity index (χ0n) is 20.1. The van der Waals surface area contributed by atoms with Crippen LogP contribution in [0, 0.1) is 0 Å². The number of tetrazole rings is 1. The van der Waals surface area contributed by atoms with Gasteiger partial charge in [0.2, 0.25) is 17.6 Å². The minimum absolute atomic E-state index is 0.155. The number of ether oxygens (including phenoxy) is 2. The Kier molecular flexibility index (Phi) is 7.64. The number of nitrogens with zero attached hydrogens (tertiary/aromatic N) is 5. The summed E-state index contributed by atoms with van der Waals surface area (Å²) < 4.78 is 16.0. The predicted molar refractivity (Wildman–Crippen MR) is 125 cm³/mol. The third kappa shape index (κ3) is 5.79. The number of furan rings is 1. The molecule has 11 nitrogen and oxygen atoms in total. The topological polar surface area (TPSA) is 125 Å². The summed E-state index contributed by atoms with van der Waals surface area (Å²) in [6.45, 7) is 1.69. The number of carbonyl (C=O) groups excluding carboxylic acids is 2. The van der Waals surface area contributed by atoms with E-state index in [1.165, 1.54) is 16.0 Å². The van der Waals surface area contributed by atoms with Crippen molar-refractivity contribution in [2.24, 2.45) is 0 Å². The van der Waals surface area contributed by atoms with Gasteiger partial charge in [0.15, 0.2) is 11.5 Å². The highest BCUT2D eigenvalue weighted by Crippen LogP contribution is 2.30. The van der Waals surface area contributed by atoms with Crippen LogP contribution in [-0.4, -0.2) is 63.2 Å². The van der Waals surface area contributed by atoms with E-state index in [0.717, 1.165) is 25.7 Å². The van der Waals surface area contributed by atoms with Gasteiger partial charge in [0.25, 0.3) is 0 Å². The number of rotatable bonds is 10. The molecule has 1 N–H and O–H groups in total. The third-order valence-electron chi connectivity index (χ3n) is 6.15. The van der Waals surface area contributed by atoms with Crippen LogP contribution >= 0.6 is 0 Å². The first-order valence-corrected chi connectivity index (χ1v) is 11.6. The second-order valence-corrected chi connectivity index (χ2v) is 8.48. The molecule has 3 aromatic rings. The van der Waals surface area contributed by atoms with Crippen molar-refractivity contribution in [1.82, 2.24) is 30.4 Å². The Morgan fingerprint density at radius 2 is 1.97 bits per heavy atom. The highest BCUT2D eigenvalue weighted by molar-refractivity contribution is 5.87. The van der Waals surface area contributed by atoms with Crippen LogP contribution in [0.25, 0.3) is 11.4 Å². The molecule has 0 aliphatic heterocycles. The van der Waals surface area contributed by atoms with E-state index in [0.29, 0.717) is 28.6 Å². The number of hydrogen-bond acceptors (Lipinski definition) is 8. The average molecular weight is 483 g/mol. The largest absolute Gasteiger partial charge is 0.493 e. The first-order chi connectivity index (χ1) is 17.0. The van der Waals surface area contributed by atoms with E-state index in [4.69, 9.17) is 13.9 Å². The zero-order valence-corrected chi connectivity index (χ0v) is 20.1. The number of methoxy groups -OCH3 is 2. The van der Waals surface area contributed by atoms with Crippen LogP contribution in [0.15, 0.2) is 41.0 Å². The number of benzene rings is 1. The summed E-state index contributed by atoms with van der Waals surface area (Å²) in [5, 5.41) is 15.5. The normalized spacial score (nSPS) is 14.5. The van der Waals surface area contributed by atoms with Gasteiger partial charge in [-0.3, -0.25) is 9.59 Å². The molecule has 0 spiro atoms. The lowest BCUT2D eigenvalue weighted by atomic mass is 10.2. The number of carbonyl (C=O) groups is 2. The van der Waals surface area contributed by atoms with Crippen molar-refractivity contribution < 1.29 is 23.5 Å². The monoisotopic (exact) mass is 482 g/mol.